The normalized spacial score (nSPS) is 15.9. The fourth-order valence-electron chi connectivity index (χ4n) is 2.77. The summed E-state index contributed by atoms with van der Waals surface area (Å²) in [6.07, 6.45) is 1.26. The number of nitrogens with one attached hydrogen (secondary N) is 1. The number of carbonyl (C=O) groups excluding carboxylic acids is 2. The van der Waals surface area contributed by atoms with Crippen molar-refractivity contribution in [1.82, 2.24) is 4.98 Å². The number of esters is 2. The summed E-state index contributed by atoms with van der Waals surface area (Å²) in [5.41, 5.74) is 3.73. The summed E-state index contributed by atoms with van der Waals surface area (Å²) in [5.74, 6) is -2.23. The van der Waals surface area contributed by atoms with Crippen molar-refractivity contribution in [2.75, 3.05) is 5.32 Å². The number of nitrogens with zero attached hydrogens (tertiary/aromatic N) is 1. The molecular formula is C21H18N2O5. The standard InChI is InChI=1S/C21H18N2O5/c1-12-4-6-13(7-5-12)18-23-16-9-8-14(10-17(16)26-18)22-11-15-19(24)27-21(2,3)28-20(15)25/h4-11,22H,1-3H3. The molecule has 0 radical (unpaired) electrons. The molecule has 0 amide bonds. The van der Waals surface area contributed by atoms with Crippen LogP contribution in [0.25, 0.3) is 22.6 Å². The number of fused-ring (bicyclic) bond motifs is 1. The van der Waals surface area contributed by atoms with E-state index < -0.39 is 17.7 Å². The summed E-state index contributed by atoms with van der Waals surface area (Å²) in [6.45, 7) is 5.01. The van der Waals surface area contributed by atoms with E-state index in [-0.39, 0.29) is 5.57 Å². The number of oxazole rings is 1. The van der Waals surface area contributed by atoms with E-state index in [1.54, 1.807) is 18.2 Å². The monoisotopic (exact) mass is 378 g/mol. The van der Waals surface area contributed by atoms with E-state index >= 15 is 0 Å². The van der Waals surface area contributed by atoms with Crippen molar-refractivity contribution in [3.05, 3.63) is 59.8 Å². The second-order valence-electron chi connectivity index (χ2n) is 6.95. The van der Waals surface area contributed by atoms with Crippen LogP contribution in [0.1, 0.15) is 19.4 Å². The molecule has 1 saturated heterocycles. The Labute approximate surface area is 161 Å². The number of carbonyl (C=O) groups is 2. The highest BCUT2D eigenvalue weighted by atomic mass is 16.7. The second kappa shape index (κ2) is 6.53. The van der Waals surface area contributed by atoms with E-state index in [1.807, 2.05) is 31.2 Å². The zero-order valence-corrected chi connectivity index (χ0v) is 15.6. The van der Waals surface area contributed by atoms with Gasteiger partial charge in [0, 0.05) is 37.4 Å². The Balaban J connectivity index is 1.57. The molecule has 0 saturated carbocycles. The van der Waals surface area contributed by atoms with Gasteiger partial charge in [0.25, 0.3) is 5.79 Å². The Kier molecular flexibility index (Phi) is 4.15. The van der Waals surface area contributed by atoms with Gasteiger partial charge in [-0.15, -0.1) is 0 Å². The SMILES string of the molecule is Cc1ccc(-c2nc3ccc(NC=C4C(=O)OC(C)(C)OC4=O)cc3o2)cc1. The van der Waals surface area contributed by atoms with Crippen LogP contribution in [-0.4, -0.2) is 22.7 Å². The molecule has 0 atom stereocenters. The average molecular weight is 378 g/mol. The van der Waals surface area contributed by atoms with Crippen molar-refractivity contribution in [2.24, 2.45) is 0 Å². The maximum atomic E-state index is 12.0. The quantitative estimate of drug-likeness (QED) is 0.419. The highest BCUT2D eigenvalue weighted by Crippen LogP contribution is 2.27. The maximum Gasteiger partial charge on any atom is 0.350 e. The lowest BCUT2D eigenvalue weighted by Gasteiger charge is -2.29. The van der Waals surface area contributed by atoms with Gasteiger partial charge in [0.05, 0.1) is 0 Å². The number of hydrogen-bond acceptors (Lipinski definition) is 7. The third-order valence-corrected chi connectivity index (χ3v) is 4.19. The number of ether oxygens (including phenoxy) is 2. The molecule has 3 aromatic rings. The van der Waals surface area contributed by atoms with Crippen LogP contribution in [0.4, 0.5) is 5.69 Å². The molecule has 2 heterocycles. The molecule has 0 aliphatic carbocycles. The molecule has 1 aliphatic rings. The van der Waals surface area contributed by atoms with Crippen LogP contribution in [-0.2, 0) is 19.1 Å². The number of rotatable bonds is 3. The van der Waals surface area contributed by atoms with Gasteiger partial charge in [-0.3, -0.25) is 0 Å². The molecule has 1 N–H and O–H groups in total. The predicted molar refractivity (Wildman–Crippen MR) is 102 cm³/mol. The molecule has 142 valence electrons. The first-order valence-corrected chi connectivity index (χ1v) is 8.72. The van der Waals surface area contributed by atoms with Gasteiger partial charge in [-0.1, -0.05) is 17.7 Å². The molecule has 28 heavy (non-hydrogen) atoms. The molecule has 0 spiro atoms. The first-order valence-electron chi connectivity index (χ1n) is 8.72. The van der Waals surface area contributed by atoms with Gasteiger partial charge in [0.1, 0.15) is 5.52 Å². The number of aromatic nitrogens is 1. The van der Waals surface area contributed by atoms with Crippen molar-refractivity contribution < 1.29 is 23.5 Å². The first kappa shape index (κ1) is 17.8. The Morgan fingerprint density at radius 3 is 2.36 bits per heavy atom. The largest absolute Gasteiger partial charge is 0.436 e. The van der Waals surface area contributed by atoms with Gasteiger partial charge >= 0.3 is 11.9 Å². The van der Waals surface area contributed by atoms with Crippen LogP contribution < -0.4 is 5.32 Å². The van der Waals surface area contributed by atoms with Crippen LogP contribution in [0.2, 0.25) is 0 Å². The van der Waals surface area contributed by atoms with E-state index in [2.05, 4.69) is 10.3 Å². The van der Waals surface area contributed by atoms with E-state index in [1.165, 1.54) is 20.0 Å². The van der Waals surface area contributed by atoms with Crippen LogP contribution in [0.5, 0.6) is 0 Å². The number of cyclic esters (lactones) is 2. The van der Waals surface area contributed by atoms with Gasteiger partial charge in [-0.25, -0.2) is 14.6 Å². The summed E-state index contributed by atoms with van der Waals surface area (Å²) in [5, 5.41) is 2.90. The average Bonchev–Trinajstić information content (AvgIpc) is 3.04. The Bertz CT molecular complexity index is 1090. The number of hydrogen-bond donors (Lipinski definition) is 1. The van der Waals surface area contributed by atoms with Crippen molar-refractivity contribution >= 4 is 28.7 Å². The van der Waals surface area contributed by atoms with Gasteiger partial charge < -0.3 is 19.2 Å². The zero-order valence-electron chi connectivity index (χ0n) is 15.6. The van der Waals surface area contributed by atoms with Crippen LogP contribution in [0.3, 0.4) is 0 Å². The summed E-state index contributed by atoms with van der Waals surface area (Å²) in [7, 11) is 0. The second-order valence-corrected chi connectivity index (χ2v) is 6.95. The lowest BCUT2D eigenvalue weighted by Crippen LogP contribution is -2.42. The summed E-state index contributed by atoms with van der Waals surface area (Å²) < 4.78 is 16.0. The Hall–Kier alpha value is -3.61. The lowest BCUT2D eigenvalue weighted by molar-refractivity contribution is -0.222. The van der Waals surface area contributed by atoms with E-state index in [9.17, 15) is 9.59 Å². The van der Waals surface area contributed by atoms with Crippen molar-refractivity contribution in [3.8, 4) is 11.5 Å². The van der Waals surface area contributed by atoms with Gasteiger partial charge in [-0.05, 0) is 31.2 Å². The van der Waals surface area contributed by atoms with Gasteiger partial charge in [0.15, 0.2) is 11.2 Å². The van der Waals surface area contributed by atoms with Gasteiger partial charge in [-0.2, -0.15) is 0 Å². The molecule has 0 bridgehead atoms. The minimum absolute atomic E-state index is 0.211. The third-order valence-electron chi connectivity index (χ3n) is 4.19. The van der Waals surface area contributed by atoms with Crippen LogP contribution in [0, 0.1) is 6.92 Å². The molecule has 1 aromatic heterocycles. The van der Waals surface area contributed by atoms with E-state index in [0.717, 1.165) is 11.1 Å². The minimum atomic E-state index is -1.27. The molecule has 7 heteroatoms. The highest BCUT2D eigenvalue weighted by Gasteiger charge is 2.38. The zero-order chi connectivity index (χ0) is 19.9. The molecule has 7 nitrogen and oxygen atoms in total. The van der Waals surface area contributed by atoms with Crippen molar-refractivity contribution in [1.29, 1.82) is 0 Å². The number of benzene rings is 2. The van der Waals surface area contributed by atoms with E-state index in [4.69, 9.17) is 13.9 Å². The van der Waals surface area contributed by atoms with Crippen LogP contribution >= 0.6 is 0 Å². The minimum Gasteiger partial charge on any atom is -0.436 e. The topological polar surface area (TPSA) is 90.7 Å². The lowest BCUT2D eigenvalue weighted by atomic mass is 10.1. The smallest absolute Gasteiger partial charge is 0.350 e. The van der Waals surface area contributed by atoms with Crippen LogP contribution in [0.15, 0.2) is 58.7 Å². The van der Waals surface area contributed by atoms with Crippen molar-refractivity contribution in [2.45, 2.75) is 26.6 Å². The predicted octanol–water partition coefficient (Wildman–Crippen LogP) is 3.94. The molecule has 1 aliphatic heterocycles. The molecule has 4 rings (SSSR count). The first-order chi connectivity index (χ1) is 13.3. The third kappa shape index (κ3) is 3.46. The van der Waals surface area contributed by atoms with Crippen molar-refractivity contribution in [3.63, 3.8) is 0 Å². The molecule has 1 fully saturated rings. The fourth-order valence-corrected chi connectivity index (χ4v) is 2.77. The molecule has 2 aromatic carbocycles. The number of anilines is 1. The molecular weight excluding hydrogens is 360 g/mol. The Morgan fingerprint density at radius 1 is 1.00 bits per heavy atom. The maximum absolute atomic E-state index is 12.0. The molecule has 0 unspecified atom stereocenters. The highest BCUT2D eigenvalue weighted by molar-refractivity contribution is 6.15. The summed E-state index contributed by atoms with van der Waals surface area (Å²) in [4.78, 5) is 28.4. The summed E-state index contributed by atoms with van der Waals surface area (Å²) >= 11 is 0. The summed E-state index contributed by atoms with van der Waals surface area (Å²) in [6, 6.07) is 13.2. The van der Waals surface area contributed by atoms with Gasteiger partial charge in [0.2, 0.25) is 5.89 Å². The number of aryl methyl sites for hydroxylation is 1. The van der Waals surface area contributed by atoms with E-state index in [0.29, 0.717) is 22.7 Å². The Morgan fingerprint density at radius 2 is 1.68 bits per heavy atom. The fraction of sp³-hybridized carbons (Fsp3) is 0.190.